The van der Waals surface area contributed by atoms with Gasteiger partial charge in [0.05, 0.1) is 25.4 Å². The fraction of sp³-hybridized carbons (Fsp3) is 0.707. The topological polar surface area (TPSA) is 149 Å². The molecule has 1 rings (SSSR count). The zero-order chi connectivity index (χ0) is 48.7. The fourth-order valence-corrected chi connectivity index (χ4v) is 7.88. The molecule has 0 bridgehead atoms. The zero-order valence-corrected chi connectivity index (χ0v) is 42.4. The van der Waals surface area contributed by atoms with Gasteiger partial charge in [0.1, 0.15) is 24.4 Å². The van der Waals surface area contributed by atoms with Crippen molar-refractivity contribution in [2.45, 2.75) is 249 Å². The van der Waals surface area contributed by atoms with Crippen LogP contribution in [-0.4, -0.2) is 87.5 Å². The van der Waals surface area contributed by atoms with Crippen molar-refractivity contribution >= 4 is 5.91 Å². The molecule has 67 heavy (non-hydrogen) atoms. The molecule has 1 fully saturated rings. The monoisotopic (exact) mass is 938 g/mol. The number of hydrogen-bond donors (Lipinski definition) is 6. The van der Waals surface area contributed by atoms with E-state index in [4.69, 9.17) is 9.47 Å². The van der Waals surface area contributed by atoms with E-state index in [1.807, 2.05) is 6.08 Å². The molecule has 0 aromatic heterocycles. The average molecular weight is 938 g/mol. The second-order valence-electron chi connectivity index (χ2n) is 18.3. The van der Waals surface area contributed by atoms with Crippen LogP contribution >= 0.6 is 0 Å². The summed E-state index contributed by atoms with van der Waals surface area (Å²) in [6.45, 7) is 3.58. The van der Waals surface area contributed by atoms with Crippen LogP contribution in [0.25, 0.3) is 0 Å². The van der Waals surface area contributed by atoms with Crippen molar-refractivity contribution in [3.63, 3.8) is 0 Å². The maximum atomic E-state index is 13.0. The van der Waals surface area contributed by atoms with Crippen LogP contribution in [0.3, 0.4) is 0 Å². The van der Waals surface area contributed by atoms with Gasteiger partial charge in [0.25, 0.3) is 0 Å². The summed E-state index contributed by atoms with van der Waals surface area (Å²) < 4.78 is 11.2. The van der Waals surface area contributed by atoms with Gasteiger partial charge in [0.15, 0.2) is 6.29 Å². The lowest BCUT2D eigenvalue weighted by atomic mass is 9.99. The maximum absolute atomic E-state index is 13.0. The van der Waals surface area contributed by atoms with Crippen molar-refractivity contribution < 1.29 is 39.8 Å². The highest BCUT2D eigenvalue weighted by atomic mass is 16.7. The zero-order valence-electron chi connectivity index (χ0n) is 42.4. The standard InChI is InChI=1S/C58H99NO8/c1-3-5-7-9-11-13-14-15-16-17-18-19-20-21-22-23-24-25-26-27-28-29-30-31-32-33-34-35-36-37-38-40-42-44-46-48-54(62)59-51(52(61)47-45-43-41-39-12-10-8-6-4-2)50-66-58-57(65)56(64)55(63)53(49-60)67-58/h5,7,11-13,15-16,18-19,21-22,24-25,39,45,47,51-53,55-58,60-61,63-65H,3-4,6,8-10,14,17,20,23,26-38,40-44,46,48-50H2,1-2H3,(H,59,62)/b7-5-,13-11-,16-15-,19-18-,22-21-,25-24-,39-12+,47-45+. The highest BCUT2D eigenvalue weighted by Crippen LogP contribution is 2.23. The van der Waals surface area contributed by atoms with Crippen LogP contribution in [0.4, 0.5) is 0 Å². The molecule has 0 aromatic carbocycles. The van der Waals surface area contributed by atoms with E-state index in [1.54, 1.807) is 6.08 Å². The Kier molecular flexibility index (Phi) is 43.4. The number of aliphatic hydroxyl groups excluding tert-OH is 5. The Morgan fingerprint density at radius 2 is 0.940 bits per heavy atom. The van der Waals surface area contributed by atoms with Gasteiger partial charge in [0, 0.05) is 6.42 Å². The summed E-state index contributed by atoms with van der Waals surface area (Å²) in [7, 11) is 0. The Labute approximate surface area is 409 Å². The number of carbonyl (C=O) groups is 1. The van der Waals surface area contributed by atoms with Crippen LogP contribution in [0.5, 0.6) is 0 Å². The van der Waals surface area contributed by atoms with E-state index < -0.39 is 49.5 Å². The van der Waals surface area contributed by atoms with Crippen molar-refractivity contribution in [2.24, 2.45) is 0 Å². The smallest absolute Gasteiger partial charge is 0.220 e. The van der Waals surface area contributed by atoms with E-state index in [-0.39, 0.29) is 12.5 Å². The maximum Gasteiger partial charge on any atom is 0.220 e. The van der Waals surface area contributed by atoms with Crippen LogP contribution in [-0.2, 0) is 14.3 Å². The third-order valence-electron chi connectivity index (χ3n) is 12.1. The van der Waals surface area contributed by atoms with Gasteiger partial charge < -0.3 is 40.3 Å². The molecule has 1 saturated heterocycles. The Morgan fingerprint density at radius 1 is 0.522 bits per heavy atom. The molecule has 1 amide bonds. The Hall–Kier alpha value is -2.89. The predicted octanol–water partition coefficient (Wildman–Crippen LogP) is 12.8. The van der Waals surface area contributed by atoms with Gasteiger partial charge in [-0.05, 0) is 83.5 Å². The van der Waals surface area contributed by atoms with E-state index in [9.17, 15) is 30.3 Å². The van der Waals surface area contributed by atoms with E-state index in [0.29, 0.717) is 6.42 Å². The lowest BCUT2D eigenvalue weighted by Crippen LogP contribution is -2.60. The largest absolute Gasteiger partial charge is 0.394 e. The second kappa shape index (κ2) is 46.8. The Morgan fingerprint density at radius 3 is 1.43 bits per heavy atom. The van der Waals surface area contributed by atoms with E-state index in [2.05, 4.69) is 104 Å². The predicted molar refractivity (Wildman–Crippen MR) is 281 cm³/mol. The van der Waals surface area contributed by atoms with Crippen molar-refractivity contribution in [3.8, 4) is 0 Å². The summed E-state index contributed by atoms with van der Waals surface area (Å²) in [6.07, 6.45) is 60.7. The summed E-state index contributed by atoms with van der Waals surface area (Å²) >= 11 is 0. The van der Waals surface area contributed by atoms with Gasteiger partial charge in [-0.25, -0.2) is 0 Å². The summed E-state index contributed by atoms with van der Waals surface area (Å²) in [6, 6.07) is -0.823. The molecule has 0 radical (unpaired) electrons. The molecule has 1 aliphatic heterocycles. The summed E-state index contributed by atoms with van der Waals surface area (Å²) in [5.74, 6) is -0.193. The minimum absolute atomic E-state index is 0.193. The molecule has 384 valence electrons. The highest BCUT2D eigenvalue weighted by molar-refractivity contribution is 5.76. The average Bonchev–Trinajstić information content (AvgIpc) is 3.33. The molecule has 0 aromatic rings. The third kappa shape index (κ3) is 36.7. The van der Waals surface area contributed by atoms with Gasteiger partial charge in [0.2, 0.25) is 5.91 Å². The first-order valence-corrected chi connectivity index (χ1v) is 27.0. The molecule has 6 N–H and O–H groups in total. The van der Waals surface area contributed by atoms with Gasteiger partial charge in [-0.15, -0.1) is 0 Å². The molecule has 0 saturated carbocycles. The minimum atomic E-state index is -1.57. The number of carbonyl (C=O) groups excluding carboxylic acids is 1. The number of amides is 1. The first kappa shape index (κ1) is 62.1. The molecular formula is C58H99NO8. The molecule has 0 spiro atoms. The van der Waals surface area contributed by atoms with Crippen LogP contribution in [0.2, 0.25) is 0 Å². The van der Waals surface area contributed by atoms with E-state index in [0.717, 1.165) is 77.0 Å². The molecule has 9 nitrogen and oxygen atoms in total. The van der Waals surface area contributed by atoms with Crippen molar-refractivity contribution in [3.05, 3.63) is 97.2 Å². The van der Waals surface area contributed by atoms with Gasteiger partial charge >= 0.3 is 0 Å². The summed E-state index contributed by atoms with van der Waals surface area (Å²) in [5.41, 5.74) is 0. The van der Waals surface area contributed by atoms with Crippen molar-refractivity contribution in [1.82, 2.24) is 5.32 Å². The number of allylic oxidation sites excluding steroid dienone is 15. The Balaban J connectivity index is 2.10. The molecular weight excluding hydrogens is 839 g/mol. The second-order valence-corrected chi connectivity index (χ2v) is 18.3. The van der Waals surface area contributed by atoms with Gasteiger partial charge in [-0.2, -0.15) is 0 Å². The molecule has 7 atom stereocenters. The molecule has 1 aliphatic rings. The first-order valence-electron chi connectivity index (χ1n) is 27.0. The van der Waals surface area contributed by atoms with Crippen molar-refractivity contribution in [2.75, 3.05) is 13.2 Å². The number of ether oxygens (including phenoxy) is 2. The first-order chi connectivity index (χ1) is 32.8. The summed E-state index contributed by atoms with van der Waals surface area (Å²) in [5, 5.41) is 54.1. The minimum Gasteiger partial charge on any atom is -0.394 e. The number of rotatable bonds is 44. The number of nitrogens with one attached hydrogen (secondary N) is 1. The molecule has 9 heteroatoms. The van der Waals surface area contributed by atoms with E-state index in [1.165, 1.54) is 109 Å². The van der Waals surface area contributed by atoms with Crippen LogP contribution in [0, 0.1) is 0 Å². The lowest BCUT2D eigenvalue weighted by molar-refractivity contribution is -0.302. The highest BCUT2D eigenvalue weighted by Gasteiger charge is 2.44. The van der Waals surface area contributed by atoms with Crippen LogP contribution in [0.15, 0.2) is 97.2 Å². The lowest BCUT2D eigenvalue weighted by Gasteiger charge is -2.40. The number of unbranched alkanes of at least 4 members (excludes halogenated alkanes) is 20. The normalized spacial score (nSPS) is 20.5. The van der Waals surface area contributed by atoms with Crippen LogP contribution < -0.4 is 5.32 Å². The molecule has 1 heterocycles. The molecule has 0 aliphatic carbocycles. The third-order valence-corrected chi connectivity index (χ3v) is 12.1. The number of aliphatic hydroxyl groups is 5. The van der Waals surface area contributed by atoms with Crippen molar-refractivity contribution in [1.29, 1.82) is 0 Å². The number of hydrogen-bond acceptors (Lipinski definition) is 8. The van der Waals surface area contributed by atoms with E-state index >= 15 is 0 Å². The quantitative estimate of drug-likeness (QED) is 0.0261. The van der Waals surface area contributed by atoms with Crippen LogP contribution in [0.1, 0.15) is 206 Å². The SMILES string of the molecule is CC/C=C\C/C=C\C/C=C\C/C=C\C/C=C\C/C=C\CCCCCCCCCCCCCCCCCCC(=O)NC(COC1OC(CO)C(O)C(O)C1O)C(O)/C=C/CC/C=C/CCCCC. The summed E-state index contributed by atoms with van der Waals surface area (Å²) in [4.78, 5) is 13.0. The van der Waals surface area contributed by atoms with Gasteiger partial charge in [-0.1, -0.05) is 214 Å². The molecule has 7 unspecified atom stereocenters. The fourth-order valence-electron chi connectivity index (χ4n) is 7.88. The Bertz CT molecular complexity index is 1370. The van der Waals surface area contributed by atoms with Gasteiger partial charge in [-0.3, -0.25) is 4.79 Å².